The fourth-order valence-electron chi connectivity index (χ4n) is 1.96. The minimum Gasteiger partial charge on any atom is -0.406 e. The second-order valence-electron chi connectivity index (χ2n) is 4.64. The first-order valence-electron chi connectivity index (χ1n) is 6.09. The molecule has 1 aromatic carbocycles. The van der Waals surface area contributed by atoms with Gasteiger partial charge in [0.2, 0.25) is 0 Å². The van der Waals surface area contributed by atoms with E-state index in [1.54, 1.807) is 6.07 Å². The molecule has 13 heteroatoms. The number of nitriles is 1. The number of hydrogen-bond donors (Lipinski definition) is 1. The number of alkyl halides is 3. The van der Waals surface area contributed by atoms with Crippen LogP contribution in [-0.2, 0) is 9.84 Å². The van der Waals surface area contributed by atoms with Gasteiger partial charge in [0.25, 0.3) is 0 Å². The van der Waals surface area contributed by atoms with Crippen LogP contribution in [0.1, 0.15) is 5.69 Å². The maximum atomic E-state index is 12.3. The van der Waals surface area contributed by atoms with Crippen molar-refractivity contribution >= 4 is 38.9 Å². The van der Waals surface area contributed by atoms with Crippen LogP contribution in [0.15, 0.2) is 17.0 Å². The molecule has 0 fully saturated rings. The number of nitrogen functional groups attached to an aromatic ring is 1. The molecule has 2 rings (SSSR count). The van der Waals surface area contributed by atoms with Crippen LogP contribution in [0.5, 0.6) is 5.75 Å². The van der Waals surface area contributed by atoms with Gasteiger partial charge in [-0.15, -0.1) is 13.2 Å². The van der Waals surface area contributed by atoms with Crippen LogP contribution in [0.25, 0.3) is 5.69 Å². The number of ether oxygens (including phenoxy) is 1. The van der Waals surface area contributed by atoms with Crippen LogP contribution in [0, 0.1) is 11.3 Å². The second kappa shape index (κ2) is 6.29. The molecule has 0 amide bonds. The number of sulfone groups is 1. The van der Waals surface area contributed by atoms with Crippen molar-refractivity contribution in [3.63, 3.8) is 0 Å². The molecule has 0 saturated carbocycles. The van der Waals surface area contributed by atoms with Crippen LogP contribution in [0.4, 0.5) is 19.0 Å². The van der Waals surface area contributed by atoms with Crippen LogP contribution in [0.3, 0.4) is 0 Å². The molecule has 2 aromatic rings. The molecule has 0 unspecified atom stereocenters. The lowest BCUT2D eigenvalue weighted by molar-refractivity contribution is -0.274. The van der Waals surface area contributed by atoms with Crippen molar-refractivity contribution < 1.29 is 26.3 Å². The Morgan fingerprint density at radius 3 is 2.20 bits per heavy atom. The van der Waals surface area contributed by atoms with E-state index >= 15 is 0 Å². The van der Waals surface area contributed by atoms with Crippen molar-refractivity contribution in [1.82, 2.24) is 9.78 Å². The highest BCUT2D eigenvalue weighted by atomic mass is 35.5. The molecule has 0 aliphatic heterocycles. The van der Waals surface area contributed by atoms with E-state index in [9.17, 15) is 21.6 Å². The Balaban J connectivity index is 2.69. The summed E-state index contributed by atoms with van der Waals surface area (Å²) in [5.74, 6) is -1.16. The van der Waals surface area contributed by atoms with E-state index in [1.807, 2.05) is 0 Å². The molecule has 2 N–H and O–H groups in total. The van der Waals surface area contributed by atoms with Gasteiger partial charge in [-0.1, -0.05) is 23.2 Å². The highest BCUT2D eigenvalue weighted by Crippen LogP contribution is 2.37. The molecular formula is C12H7Cl2F3N4O3S. The number of nitrogens with two attached hydrogens (primary N) is 1. The van der Waals surface area contributed by atoms with Gasteiger partial charge in [0.05, 0.1) is 10.0 Å². The Kier molecular flexibility index (Phi) is 4.82. The molecule has 0 aliphatic rings. The molecular weight excluding hydrogens is 408 g/mol. The molecule has 134 valence electrons. The van der Waals surface area contributed by atoms with Gasteiger partial charge >= 0.3 is 6.36 Å². The minimum absolute atomic E-state index is 0.207. The smallest absolute Gasteiger partial charge is 0.406 e. The monoisotopic (exact) mass is 414 g/mol. The maximum Gasteiger partial charge on any atom is 0.573 e. The van der Waals surface area contributed by atoms with E-state index in [0.29, 0.717) is 0 Å². The van der Waals surface area contributed by atoms with Crippen molar-refractivity contribution in [1.29, 1.82) is 5.26 Å². The zero-order valence-electron chi connectivity index (χ0n) is 12.1. The Hall–Kier alpha value is -2.16. The van der Waals surface area contributed by atoms with Crippen molar-refractivity contribution in [3.05, 3.63) is 27.9 Å². The minimum atomic E-state index is -4.96. The zero-order chi connectivity index (χ0) is 19.2. The average Bonchev–Trinajstić information content (AvgIpc) is 2.73. The number of nitrogens with zero attached hydrogens (tertiary/aromatic N) is 3. The van der Waals surface area contributed by atoms with Gasteiger partial charge < -0.3 is 10.5 Å². The summed E-state index contributed by atoms with van der Waals surface area (Å²) in [5.41, 5.74) is 5.00. The summed E-state index contributed by atoms with van der Waals surface area (Å²) in [5, 5.41) is 12.0. The Morgan fingerprint density at radius 1 is 1.32 bits per heavy atom. The molecule has 0 aliphatic carbocycles. The first-order chi connectivity index (χ1) is 11.3. The Labute approximate surface area is 149 Å². The molecule has 7 nitrogen and oxygen atoms in total. The highest BCUT2D eigenvalue weighted by molar-refractivity contribution is 7.91. The summed E-state index contributed by atoms with van der Waals surface area (Å²) < 4.78 is 64.8. The lowest BCUT2D eigenvalue weighted by atomic mass is 10.3. The Bertz CT molecular complexity index is 973. The quantitative estimate of drug-likeness (QED) is 0.826. The van der Waals surface area contributed by atoms with Gasteiger partial charge in [0.15, 0.2) is 15.5 Å². The summed E-state index contributed by atoms with van der Waals surface area (Å²) in [6.45, 7) is 0. The molecule has 0 saturated heterocycles. The van der Waals surface area contributed by atoms with Crippen LogP contribution in [-0.4, -0.2) is 30.8 Å². The largest absolute Gasteiger partial charge is 0.573 e. The van der Waals surface area contributed by atoms with E-state index < -0.39 is 38.4 Å². The van der Waals surface area contributed by atoms with E-state index in [0.717, 1.165) is 23.1 Å². The fraction of sp³-hybridized carbons (Fsp3) is 0.167. The van der Waals surface area contributed by atoms with E-state index in [4.69, 9.17) is 34.2 Å². The van der Waals surface area contributed by atoms with Gasteiger partial charge in [0, 0.05) is 18.4 Å². The predicted molar refractivity (Wildman–Crippen MR) is 82.5 cm³/mol. The van der Waals surface area contributed by atoms with Crippen molar-refractivity contribution in [2.45, 2.75) is 11.3 Å². The van der Waals surface area contributed by atoms with Gasteiger partial charge in [-0.05, 0) is 0 Å². The molecule has 1 heterocycles. The van der Waals surface area contributed by atoms with Crippen molar-refractivity contribution in [2.24, 2.45) is 0 Å². The van der Waals surface area contributed by atoms with Crippen LogP contribution in [0.2, 0.25) is 10.0 Å². The molecule has 0 spiro atoms. The molecule has 0 atom stereocenters. The normalized spacial score (nSPS) is 12.0. The second-order valence-corrected chi connectivity index (χ2v) is 7.41. The van der Waals surface area contributed by atoms with Crippen molar-refractivity contribution in [3.8, 4) is 17.5 Å². The fourth-order valence-corrected chi connectivity index (χ4v) is 3.49. The topological polar surface area (TPSA) is 111 Å². The zero-order valence-corrected chi connectivity index (χ0v) is 14.4. The van der Waals surface area contributed by atoms with Crippen LogP contribution < -0.4 is 10.5 Å². The first kappa shape index (κ1) is 19.2. The third kappa shape index (κ3) is 3.92. The molecule has 0 radical (unpaired) electrons. The molecule has 25 heavy (non-hydrogen) atoms. The van der Waals surface area contributed by atoms with E-state index in [1.165, 1.54) is 0 Å². The number of aromatic nitrogens is 2. The lowest BCUT2D eigenvalue weighted by Crippen LogP contribution is -2.17. The standard InChI is InChI=1S/C12H7Cl2F3N4O3S/c1-25(22,23)10-8(4-18)20-21(11(10)19)9-6(13)2-5(3-7(9)14)24-12(15,16)17/h2-3H,19H2,1H3. The lowest BCUT2D eigenvalue weighted by Gasteiger charge is -2.13. The predicted octanol–water partition coefficient (Wildman–Crippen LogP) is 2.94. The number of benzene rings is 1. The van der Waals surface area contributed by atoms with E-state index in [2.05, 4.69) is 9.84 Å². The molecule has 1 aromatic heterocycles. The third-order valence-electron chi connectivity index (χ3n) is 2.79. The summed E-state index contributed by atoms with van der Waals surface area (Å²) in [6, 6.07) is 3.15. The summed E-state index contributed by atoms with van der Waals surface area (Å²) in [4.78, 5) is -0.544. The van der Waals surface area contributed by atoms with Gasteiger partial charge in [0.1, 0.15) is 28.2 Å². The highest BCUT2D eigenvalue weighted by Gasteiger charge is 2.32. The SMILES string of the molecule is CS(=O)(=O)c1c(C#N)nn(-c2c(Cl)cc(OC(F)(F)F)cc2Cl)c1N. The van der Waals surface area contributed by atoms with Crippen LogP contribution >= 0.6 is 23.2 Å². The van der Waals surface area contributed by atoms with E-state index in [-0.39, 0.29) is 15.7 Å². The number of halogens is 5. The third-order valence-corrected chi connectivity index (χ3v) is 4.51. The first-order valence-corrected chi connectivity index (χ1v) is 8.73. The summed E-state index contributed by atoms with van der Waals surface area (Å²) in [7, 11) is -3.91. The molecule has 0 bridgehead atoms. The summed E-state index contributed by atoms with van der Waals surface area (Å²) >= 11 is 11.8. The van der Waals surface area contributed by atoms with Gasteiger partial charge in [-0.3, -0.25) is 0 Å². The number of anilines is 1. The summed E-state index contributed by atoms with van der Waals surface area (Å²) in [6.07, 6.45) is -4.15. The van der Waals surface area contributed by atoms with Crippen molar-refractivity contribution in [2.75, 3.05) is 12.0 Å². The van der Waals surface area contributed by atoms with Gasteiger partial charge in [-0.2, -0.15) is 10.4 Å². The average molecular weight is 415 g/mol. The number of rotatable bonds is 3. The van der Waals surface area contributed by atoms with Gasteiger partial charge in [-0.25, -0.2) is 13.1 Å². The maximum absolute atomic E-state index is 12.3. The number of hydrogen-bond acceptors (Lipinski definition) is 6. The Morgan fingerprint density at radius 2 is 1.84 bits per heavy atom.